The van der Waals surface area contributed by atoms with Crippen molar-refractivity contribution in [2.45, 2.75) is 200 Å². The van der Waals surface area contributed by atoms with Crippen molar-refractivity contribution >= 4 is 45.3 Å². The Morgan fingerprint density at radius 3 is 1.41 bits per heavy atom. The molecular formula is C72H98N3O10+. The van der Waals surface area contributed by atoms with Crippen LogP contribution in [0.1, 0.15) is 183 Å². The van der Waals surface area contributed by atoms with Crippen LogP contribution in [-0.2, 0) is 25.6 Å². The van der Waals surface area contributed by atoms with Gasteiger partial charge in [0.05, 0.1) is 38.6 Å². The number of aromatic nitrogens is 1. The van der Waals surface area contributed by atoms with Crippen LogP contribution in [0.2, 0.25) is 0 Å². The van der Waals surface area contributed by atoms with Crippen molar-refractivity contribution in [1.29, 1.82) is 0 Å². The third-order valence-corrected chi connectivity index (χ3v) is 26.5. The van der Waals surface area contributed by atoms with Gasteiger partial charge in [0.2, 0.25) is 0 Å². The Kier molecular flexibility index (Phi) is 16.5. The van der Waals surface area contributed by atoms with Gasteiger partial charge < -0.3 is 40.5 Å². The van der Waals surface area contributed by atoms with Crippen molar-refractivity contribution in [3.8, 4) is 0 Å². The van der Waals surface area contributed by atoms with Crippen LogP contribution >= 0.6 is 0 Å². The first-order chi connectivity index (χ1) is 40.6. The maximum absolute atomic E-state index is 15.0. The summed E-state index contributed by atoms with van der Waals surface area (Å²) in [7, 11) is 2.87. The molecule has 0 aliphatic heterocycles. The molecule has 0 unspecified atom stereocenters. The molecule has 3 aromatic carbocycles. The number of benzene rings is 3. The zero-order chi connectivity index (χ0) is 60.1. The van der Waals surface area contributed by atoms with Crippen molar-refractivity contribution in [2.24, 2.45) is 92.7 Å². The summed E-state index contributed by atoms with van der Waals surface area (Å²) < 4.78 is 12.0. The molecule has 8 aliphatic rings. The van der Waals surface area contributed by atoms with Crippen molar-refractivity contribution in [3.63, 3.8) is 0 Å². The van der Waals surface area contributed by atoms with Crippen LogP contribution in [-0.4, -0.2) is 94.9 Å². The van der Waals surface area contributed by atoms with Crippen LogP contribution in [0.5, 0.6) is 0 Å². The number of fused-ring (bicyclic) bond motifs is 12. The average Bonchev–Trinajstić information content (AvgIpc) is 3.62. The molecule has 2 amide bonds. The standard InChI is InChI=1S/C72H97N3O10/c1-40(17-23-63(80)84-7)53-19-21-55-65-57(35-61(78)71(53,55)5)69(3)27-25-48(31-46(69)33-59(65)76)73-67(82)44-30-45(38-75(37-44)39-52-50-15-11-9-13-42(50)29-43-14-10-12-16-51(43)52)68(83)74-49-26-28-70(4)47(32-49)34-60(77)66-56-22-20-54(41(2)18-24-64(81)85-8)72(56,6)62(79)36-58(66)70/h9-16,29-30,37-38,40-41,46-49,53-62,65-66,76-79H,17-28,31-36,39H2,1-8H3,(H-,73,74,82,83)/p+1/t40-,41-,46+,47+,48+,49+,53-,54-,55+,56+,57+,58+,59-,60-,61+,62+,65+,66+,69+,70+,71-,72-/m1/s1. The monoisotopic (exact) mass is 1160 g/mol. The van der Waals surface area contributed by atoms with E-state index < -0.39 is 24.4 Å². The maximum Gasteiger partial charge on any atom is 0.305 e. The Morgan fingerprint density at radius 2 is 0.988 bits per heavy atom. The van der Waals surface area contributed by atoms with E-state index in [1.165, 1.54) is 14.2 Å². The zero-order valence-electron chi connectivity index (χ0n) is 51.9. The van der Waals surface area contributed by atoms with Gasteiger partial charge >= 0.3 is 11.9 Å². The first-order valence-electron chi connectivity index (χ1n) is 33.0. The fourth-order valence-corrected chi connectivity index (χ4v) is 21.8. The molecule has 0 radical (unpaired) electrons. The smallest absolute Gasteiger partial charge is 0.305 e. The van der Waals surface area contributed by atoms with Crippen LogP contribution in [0.3, 0.4) is 0 Å². The molecule has 13 heteroatoms. The first-order valence-corrected chi connectivity index (χ1v) is 33.0. The second-order valence-corrected chi connectivity index (χ2v) is 30.1. The summed E-state index contributed by atoms with van der Waals surface area (Å²) in [5.74, 6) is 1.34. The van der Waals surface area contributed by atoms with Gasteiger partial charge in [0.15, 0.2) is 18.9 Å². The Morgan fingerprint density at radius 1 is 0.565 bits per heavy atom. The van der Waals surface area contributed by atoms with E-state index in [1.807, 2.05) is 17.0 Å². The SMILES string of the molecule is COC(=O)CC[C@@H](C)[C@H]1CC[C@H]2[C@@H]3[C@H](O)C[C@@H]4C[C@@H](NC(=O)c5cc(C(=O)N[C@H]6CC[C@@]7(C)[C@@H](C6)C[C@@H](O)[C@@H]6[C@@H]7C[C@H](O)[C@]7(C)[C@@H]([C@H](C)CCC(=O)OC)CC[C@@H]67)c[n+](Cc6c7ccccc7cc7ccccc67)c5)CC[C@]4(C)[C@H]3C[C@H](O)[C@]12C. The van der Waals surface area contributed by atoms with Crippen LogP contribution in [0.4, 0.5) is 0 Å². The molecule has 4 aromatic rings. The van der Waals surface area contributed by atoms with Gasteiger partial charge in [-0.05, 0) is 229 Å². The van der Waals surface area contributed by atoms with Crippen molar-refractivity contribution in [1.82, 2.24) is 10.6 Å². The summed E-state index contributed by atoms with van der Waals surface area (Å²) in [6.45, 7) is 14.2. The number of esters is 2. The minimum Gasteiger partial charge on any atom is -0.469 e. The molecule has 0 bridgehead atoms. The number of pyridine rings is 1. The van der Waals surface area contributed by atoms with E-state index in [0.717, 1.165) is 104 Å². The van der Waals surface area contributed by atoms with Crippen LogP contribution in [0.15, 0.2) is 73.1 Å². The van der Waals surface area contributed by atoms with Gasteiger partial charge in [0.1, 0.15) is 11.1 Å². The molecular weight excluding hydrogens is 1070 g/mol. The van der Waals surface area contributed by atoms with Gasteiger partial charge in [0, 0.05) is 30.5 Å². The number of carbonyl (C=O) groups is 4. The van der Waals surface area contributed by atoms with E-state index in [0.29, 0.717) is 56.2 Å². The molecule has 22 atom stereocenters. The Balaban J connectivity index is 0.766. The summed E-state index contributed by atoms with van der Waals surface area (Å²) in [6, 6.07) is 20.5. The van der Waals surface area contributed by atoms with Gasteiger partial charge in [-0.15, -0.1) is 0 Å². The number of rotatable bonds is 14. The highest BCUT2D eigenvalue weighted by Crippen LogP contribution is 2.70. The number of hydrogen-bond donors (Lipinski definition) is 6. The third kappa shape index (κ3) is 10.3. The number of ether oxygens (including phenoxy) is 2. The van der Waals surface area contributed by atoms with Crippen LogP contribution in [0.25, 0.3) is 21.5 Å². The number of hydrogen-bond acceptors (Lipinski definition) is 10. The van der Waals surface area contributed by atoms with E-state index in [-0.39, 0.29) is 129 Å². The summed E-state index contributed by atoms with van der Waals surface area (Å²) in [4.78, 5) is 54.2. The number of aliphatic hydroxyl groups is 4. The lowest BCUT2D eigenvalue weighted by atomic mass is 9.43. The van der Waals surface area contributed by atoms with Gasteiger partial charge in [-0.25, -0.2) is 0 Å². The topological polar surface area (TPSA) is 196 Å². The number of nitrogens with one attached hydrogen (secondary N) is 2. The highest BCUT2D eigenvalue weighted by Gasteiger charge is 2.68. The molecule has 13 nitrogen and oxygen atoms in total. The fraction of sp³-hybridized carbons (Fsp3) is 0.681. The number of methoxy groups -OCH3 is 2. The summed E-state index contributed by atoms with van der Waals surface area (Å²) >= 11 is 0. The normalized spacial score (nSPS) is 39.9. The second kappa shape index (κ2) is 23.2. The lowest BCUT2D eigenvalue weighted by molar-refractivity contribution is -0.688. The molecule has 1 heterocycles. The molecule has 8 fully saturated rings. The highest BCUT2D eigenvalue weighted by atomic mass is 16.5. The molecule has 460 valence electrons. The average molecular weight is 1170 g/mol. The van der Waals surface area contributed by atoms with Gasteiger partial charge in [-0.3, -0.25) is 19.2 Å². The van der Waals surface area contributed by atoms with Gasteiger partial charge in [-0.1, -0.05) is 90.1 Å². The van der Waals surface area contributed by atoms with E-state index in [1.54, 1.807) is 6.07 Å². The zero-order valence-corrected chi connectivity index (χ0v) is 51.9. The molecule has 8 saturated carbocycles. The summed E-state index contributed by atoms with van der Waals surface area (Å²) in [6.07, 6.45) is 15.2. The molecule has 85 heavy (non-hydrogen) atoms. The predicted octanol–water partition coefficient (Wildman–Crippen LogP) is 10.9. The van der Waals surface area contributed by atoms with E-state index >= 15 is 0 Å². The molecule has 1 aromatic heterocycles. The van der Waals surface area contributed by atoms with Gasteiger partial charge in [0.25, 0.3) is 11.8 Å². The third-order valence-electron chi connectivity index (χ3n) is 26.5. The van der Waals surface area contributed by atoms with Crippen LogP contribution < -0.4 is 15.2 Å². The molecule has 6 N–H and O–H groups in total. The predicted molar refractivity (Wildman–Crippen MR) is 327 cm³/mol. The van der Waals surface area contributed by atoms with Gasteiger partial charge in [-0.2, -0.15) is 4.57 Å². The lowest BCUT2D eigenvalue weighted by Crippen LogP contribution is -2.63. The minimum atomic E-state index is -0.507. The summed E-state index contributed by atoms with van der Waals surface area (Å²) in [5.41, 5.74) is 1.04. The van der Waals surface area contributed by atoms with Crippen molar-refractivity contribution in [3.05, 3.63) is 89.7 Å². The quantitative estimate of drug-likeness (QED) is 0.0402. The van der Waals surface area contributed by atoms with Crippen molar-refractivity contribution < 1.29 is 53.6 Å². The first kappa shape index (κ1) is 60.3. The largest absolute Gasteiger partial charge is 0.469 e. The molecule has 8 aliphatic carbocycles. The minimum absolute atomic E-state index is 0.0892. The number of amides is 2. The number of aliphatic hydroxyl groups excluding tert-OH is 4. The summed E-state index contributed by atoms with van der Waals surface area (Å²) in [5, 5.41) is 60.5. The number of nitrogens with zero attached hydrogens (tertiary/aromatic N) is 1. The maximum atomic E-state index is 15.0. The van der Waals surface area contributed by atoms with Crippen molar-refractivity contribution in [2.75, 3.05) is 14.2 Å². The van der Waals surface area contributed by atoms with Crippen LogP contribution in [0, 0.1) is 92.7 Å². The molecule has 0 saturated heterocycles. The second-order valence-electron chi connectivity index (χ2n) is 30.1. The molecule has 12 rings (SSSR count). The molecule has 0 spiro atoms. The Hall–Kier alpha value is -4.95. The van der Waals surface area contributed by atoms with E-state index in [2.05, 4.69) is 107 Å². The highest BCUT2D eigenvalue weighted by molar-refractivity contribution is 6.02. The fourth-order valence-electron chi connectivity index (χ4n) is 21.8. The van der Waals surface area contributed by atoms with E-state index in [9.17, 15) is 39.6 Å². The van der Waals surface area contributed by atoms with E-state index in [4.69, 9.17) is 9.47 Å². The Labute approximate surface area is 504 Å². The lowest BCUT2D eigenvalue weighted by Gasteiger charge is -2.63. The number of carbonyl (C=O) groups excluding carboxylic acids is 4. The Bertz CT molecular complexity index is 2990.